The Labute approximate surface area is 141 Å². The number of benzene rings is 1. The summed E-state index contributed by atoms with van der Waals surface area (Å²) in [6.45, 7) is 7.41. The van der Waals surface area contributed by atoms with E-state index in [0.29, 0.717) is 18.8 Å². The monoisotopic (exact) mass is 344 g/mol. The zero-order valence-electron chi connectivity index (χ0n) is 13.6. The number of carbonyl (C=O) groups is 1. The van der Waals surface area contributed by atoms with E-state index in [1.54, 1.807) is 17.5 Å². The van der Waals surface area contributed by atoms with Crippen molar-refractivity contribution >= 4 is 42.2 Å². The molecule has 0 amide bonds. The molecule has 0 atom stereocenters. The molecule has 23 heavy (non-hydrogen) atoms. The van der Waals surface area contributed by atoms with E-state index >= 15 is 0 Å². The molecule has 0 bridgehead atoms. The van der Waals surface area contributed by atoms with Crippen LogP contribution in [-0.2, 0) is 11.3 Å². The first kappa shape index (κ1) is 16.0. The SMILES string of the molecule is CCOC(=O)c1cc2ccc([SiH](C)C)cc2n1Cc1nccs1. The third-order valence-corrected chi connectivity index (χ3v) is 6.31. The highest BCUT2D eigenvalue weighted by Gasteiger charge is 2.18. The molecule has 0 radical (unpaired) electrons. The normalized spacial score (nSPS) is 11.3. The second-order valence-corrected chi connectivity index (χ2v) is 9.69. The Hall–Kier alpha value is -1.92. The topological polar surface area (TPSA) is 44.1 Å². The molecule has 120 valence electrons. The van der Waals surface area contributed by atoms with Crippen LogP contribution in [0.1, 0.15) is 22.4 Å². The van der Waals surface area contributed by atoms with Gasteiger partial charge < -0.3 is 9.30 Å². The van der Waals surface area contributed by atoms with Gasteiger partial charge in [-0.3, -0.25) is 0 Å². The fourth-order valence-electron chi connectivity index (χ4n) is 2.64. The summed E-state index contributed by atoms with van der Waals surface area (Å²) in [5, 5.41) is 5.41. The van der Waals surface area contributed by atoms with Crippen LogP contribution in [0, 0.1) is 0 Å². The molecule has 4 nitrogen and oxygen atoms in total. The van der Waals surface area contributed by atoms with Gasteiger partial charge in [-0.05, 0) is 19.1 Å². The summed E-state index contributed by atoms with van der Waals surface area (Å²) in [6.07, 6.45) is 1.79. The number of fused-ring (bicyclic) bond motifs is 1. The maximum absolute atomic E-state index is 12.3. The molecule has 0 unspecified atom stereocenters. The molecule has 0 spiro atoms. The summed E-state index contributed by atoms with van der Waals surface area (Å²) in [7, 11) is -0.901. The first-order valence-electron chi connectivity index (χ1n) is 7.78. The van der Waals surface area contributed by atoms with Crippen LogP contribution in [-0.4, -0.2) is 30.9 Å². The average Bonchev–Trinajstić information content (AvgIpc) is 3.15. The molecule has 0 aliphatic heterocycles. The van der Waals surface area contributed by atoms with Crippen LogP contribution >= 0.6 is 11.3 Å². The molecule has 3 rings (SSSR count). The fraction of sp³-hybridized carbons (Fsp3) is 0.294. The van der Waals surface area contributed by atoms with Crippen molar-refractivity contribution < 1.29 is 9.53 Å². The van der Waals surface area contributed by atoms with E-state index in [1.807, 2.05) is 22.9 Å². The van der Waals surface area contributed by atoms with Crippen LogP contribution in [0.2, 0.25) is 13.1 Å². The number of aromatic nitrogens is 2. The lowest BCUT2D eigenvalue weighted by molar-refractivity contribution is 0.0515. The van der Waals surface area contributed by atoms with Crippen LogP contribution in [0.3, 0.4) is 0 Å². The van der Waals surface area contributed by atoms with Gasteiger partial charge in [-0.2, -0.15) is 0 Å². The van der Waals surface area contributed by atoms with Gasteiger partial charge >= 0.3 is 5.97 Å². The fourth-order valence-corrected chi connectivity index (χ4v) is 4.22. The van der Waals surface area contributed by atoms with Crippen LogP contribution in [0.5, 0.6) is 0 Å². The molecule has 0 saturated heterocycles. The molecule has 6 heteroatoms. The highest BCUT2D eigenvalue weighted by molar-refractivity contribution is 7.09. The highest BCUT2D eigenvalue weighted by Crippen LogP contribution is 2.22. The largest absolute Gasteiger partial charge is 0.461 e. The Morgan fingerprint density at radius 1 is 1.35 bits per heavy atom. The number of hydrogen-bond donors (Lipinski definition) is 0. The zero-order chi connectivity index (χ0) is 16.4. The van der Waals surface area contributed by atoms with Gasteiger partial charge in [0, 0.05) is 22.5 Å². The third-order valence-electron chi connectivity index (χ3n) is 3.86. The molecule has 0 fully saturated rings. The van der Waals surface area contributed by atoms with E-state index in [2.05, 4.69) is 36.3 Å². The molecule has 3 aromatic rings. The van der Waals surface area contributed by atoms with Crippen molar-refractivity contribution in [3.05, 3.63) is 46.5 Å². The van der Waals surface area contributed by atoms with Gasteiger partial charge in [0.15, 0.2) is 0 Å². The first-order chi connectivity index (χ1) is 11.1. The number of ether oxygens (including phenoxy) is 1. The Bertz CT molecular complexity index is 825. The lowest BCUT2D eigenvalue weighted by Gasteiger charge is -2.10. The lowest BCUT2D eigenvalue weighted by Crippen LogP contribution is -2.22. The minimum atomic E-state index is -0.901. The standard InChI is InChI=1S/C17H20N2O2SSi/c1-4-21-17(20)15-9-12-5-6-13(23(2)3)10-14(12)19(15)11-16-18-7-8-22-16/h5-10,23H,4,11H2,1-3H3. The summed E-state index contributed by atoms with van der Waals surface area (Å²) in [5.74, 6) is -0.274. The Morgan fingerprint density at radius 3 is 2.83 bits per heavy atom. The van der Waals surface area contributed by atoms with Crippen LogP contribution in [0.15, 0.2) is 35.8 Å². The van der Waals surface area contributed by atoms with E-state index < -0.39 is 8.80 Å². The number of thiazole rings is 1. The molecule has 0 N–H and O–H groups in total. The maximum atomic E-state index is 12.3. The van der Waals surface area contributed by atoms with Crippen molar-refractivity contribution in [2.45, 2.75) is 26.6 Å². The predicted octanol–water partition coefficient (Wildman–Crippen LogP) is 3.02. The van der Waals surface area contributed by atoms with Gasteiger partial charge in [0.05, 0.1) is 21.9 Å². The molecule has 2 aromatic heterocycles. The van der Waals surface area contributed by atoms with Crippen molar-refractivity contribution in [1.82, 2.24) is 9.55 Å². The van der Waals surface area contributed by atoms with E-state index in [1.165, 1.54) is 5.19 Å². The minimum absolute atomic E-state index is 0.274. The predicted molar refractivity (Wildman–Crippen MR) is 97.6 cm³/mol. The second-order valence-electron chi connectivity index (χ2n) is 5.73. The zero-order valence-corrected chi connectivity index (χ0v) is 15.5. The summed E-state index contributed by atoms with van der Waals surface area (Å²) >= 11 is 1.60. The summed E-state index contributed by atoms with van der Waals surface area (Å²) < 4.78 is 7.26. The molecule has 0 aliphatic rings. The highest BCUT2D eigenvalue weighted by atomic mass is 32.1. The molecule has 0 aliphatic carbocycles. The maximum Gasteiger partial charge on any atom is 0.354 e. The third kappa shape index (κ3) is 3.23. The van der Waals surface area contributed by atoms with E-state index in [-0.39, 0.29) is 5.97 Å². The summed E-state index contributed by atoms with van der Waals surface area (Å²) in [5.41, 5.74) is 1.68. The van der Waals surface area contributed by atoms with E-state index in [9.17, 15) is 4.79 Å². The molecule has 1 aromatic carbocycles. The van der Waals surface area contributed by atoms with Crippen molar-refractivity contribution in [3.63, 3.8) is 0 Å². The molecular weight excluding hydrogens is 324 g/mol. The first-order valence-corrected chi connectivity index (χ1v) is 11.6. The van der Waals surface area contributed by atoms with Gasteiger partial charge in [0.1, 0.15) is 10.7 Å². The molecule has 0 saturated carbocycles. The lowest BCUT2D eigenvalue weighted by atomic mass is 10.2. The van der Waals surface area contributed by atoms with Crippen molar-refractivity contribution in [2.24, 2.45) is 0 Å². The van der Waals surface area contributed by atoms with Gasteiger partial charge in [0.25, 0.3) is 0 Å². The van der Waals surface area contributed by atoms with Gasteiger partial charge in [-0.15, -0.1) is 11.3 Å². The minimum Gasteiger partial charge on any atom is -0.461 e. The summed E-state index contributed by atoms with van der Waals surface area (Å²) in [6, 6.07) is 8.44. The van der Waals surface area contributed by atoms with E-state index in [0.717, 1.165) is 15.9 Å². The molecule has 2 heterocycles. The van der Waals surface area contributed by atoms with Crippen LogP contribution in [0.25, 0.3) is 10.9 Å². The van der Waals surface area contributed by atoms with Crippen LogP contribution in [0.4, 0.5) is 0 Å². The van der Waals surface area contributed by atoms with E-state index in [4.69, 9.17) is 4.74 Å². The van der Waals surface area contributed by atoms with Crippen LogP contribution < -0.4 is 5.19 Å². The van der Waals surface area contributed by atoms with Gasteiger partial charge in [-0.1, -0.05) is 30.4 Å². The number of hydrogen-bond acceptors (Lipinski definition) is 4. The Morgan fingerprint density at radius 2 is 2.17 bits per heavy atom. The smallest absolute Gasteiger partial charge is 0.354 e. The van der Waals surface area contributed by atoms with Gasteiger partial charge in [0.2, 0.25) is 0 Å². The Kier molecular flexibility index (Phi) is 4.63. The van der Waals surface area contributed by atoms with Gasteiger partial charge in [-0.25, -0.2) is 9.78 Å². The number of nitrogens with zero attached hydrogens (tertiary/aromatic N) is 2. The van der Waals surface area contributed by atoms with Crippen molar-refractivity contribution in [1.29, 1.82) is 0 Å². The summed E-state index contributed by atoms with van der Waals surface area (Å²) in [4.78, 5) is 16.7. The number of carbonyl (C=O) groups excluding carboxylic acids is 1. The molecular formula is C17H20N2O2SSi. The average molecular weight is 345 g/mol. The quantitative estimate of drug-likeness (QED) is 0.528. The second kappa shape index (κ2) is 6.68. The number of esters is 1. The number of rotatable bonds is 5. The van der Waals surface area contributed by atoms with Crippen molar-refractivity contribution in [3.8, 4) is 0 Å². The van der Waals surface area contributed by atoms with Crippen molar-refractivity contribution in [2.75, 3.05) is 6.61 Å². The Balaban J connectivity index is 2.14.